The number of carbonyl (C=O) groups is 1. The molecule has 0 fully saturated rings. The minimum absolute atomic E-state index is 0.111. The van der Waals surface area contributed by atoms with Crippen LogP contribution in [0.2, 0.25) is 10.0 Å². The smallest absolute Gasteiger partial charge is 0.246 e. The van der Waals surface area contributed by atoms with Crippen LogP contribution in [-0.2, 0) is 21.9 Å². The van der Waals surface area contributed by atoms with Crippen molar-refractivity contribution in [2.24, 2.45) is 7.05 Å². The molecule has 1 aromatic carbocycles. The van der Waals surface area contributed by atoms with E-state index in [-0.39, 0.29) is 11.4 Å². The highest BCUT2D eigenvalue weighted by atomic mass is 35.5. The zero-order valence-electron chi connectivity index (χ0n) is 14.2. The summed E-state index contributed by atoms with van der Waals surface area (Å²) in [5, 5.41) is 7.35. The van der Waals surface area contributed by atoms with Crippen LogP contribution in [0.15, 0.2) is 23.1 Å². The number of carbonyl (C=O) groups excluding carboxylic acids is 1. The van der Waals surface area contributed by atoms with E-state index in [0.717, 1.165) is 4.31 Å². The van der Waals surface area contributed by atoms with Crippen molar-refractivity contribution in [2.45, 2.75) is 18.7 Å². The molecule has 0 unspecified atom stereocenters. The lowest BCUT2D eigenvalue weighted by Gasteiger charge is -2.17. The summed E-state index contributed by atoms with van der Waals surface area (Å²) in [5.74, 6) is -0.497. The summed E-state index contributed by atoms with van der Waals surface area (Å²) in [6.45, 7) is 2.93. The lowest BCUT2D eigenvalue weighted by atomic mass is 10.3. The molecule has 1 N–H and O–H groups in total. The van der Waals surface area contributed by atoms with Gasteiger partial charge in [-0.3, -0.25) is 9.48 Å². The van der Waals surface area contributed by atoms with Crippen LogP contribution < -0.4 is 5.32 Å². The molecule has 2 rings (SSSR count). The van der Waals surface area contributed by atoms with Crippen molar-refractivity contribution in [3.63, 3.8) is 0 Å². The molecule has 136 valence electrons. The minimum atomic E-state index is -3.84. The van der Waals surface area contributed by atoms with Crippen molar-refractivity contribution in [1.29, 1.82) is 0 Å². The van der Waals surface area contributed by atoms with E-state index in [4.69, 9.17) is 23.2 Å². The number of benzene rings is 1. The molecule has 1 aromatic heterocycles. The summed E-state index contributed by atoms with van der Waals surface area (Å²) >= 11 is 11.7. The number of rotatable bonds is 5. The third kappa shape index (κ3) is 4.14. The van der Waals surface area contributed by atoms with Gasteiger partial charge in [-0.2, -0.15) is 9.40 Å². The van der Waals surface area contributed by atoms with Crippen LogP contribution in [0, 0.1) is 13.8 Å². The van der Waals surface area contributed by atoms with E-state index < -0.39 is 15.9 Å². The fraction of sp³-hybridized carbons (Fsp3) is 0.333. The van der Waals surface area contributed by atoms with Crippen LogP contribution in [0.1, 0.15) is 11.4 Å². The molecule has 0 saturated heterocycles. The summed E-state index contributed by atoms with van der Waals surface area (Å²) in [5.41, 5.74) is 1.32. The Morgan fingerprint density at radius 3 is 2.44 bits per heavy atom. The Hall–Kier alpha value is -1.61. The summed E-state index contributed by atoms with van der Waals surface area (Å²) in [6.07, 6.45) is 0. The number of anilines is 1. The second-order valence-corrected chi connectivity index (χ2v) is 8.36. The van der Waals surface area contributed by atoms with E-state index in [1.807, 2.05) is 0 Å². The second-order valence-electron chi connectivity index (χ2n) is 5.56. The van der Waals surface area contributed by atoms with Gasteiger partial charge in [-0.25, -0.2) is 8.42 Å². The number of aryl methyl sites for hydroxylation is 2. The van der Waals surface area contributed by atoms with Gasteiger partial charge >= 0.3 is 0 Å². The maximum Gasteiger partial charge on any atom is 0.246 e. The van der Waals surface area contributed by atoms with Crippen LogP contribution >= 0.6 is 23.2 Å². The zero-order valence-corrected chi connectivity index (χ0v) is 16.5. The van der Waals surface area contributed by atoms with Crippen LogP contribution in [-0.4, -0.2) is 42.0 Å². The highest BCUT2D eigenvalue weighted by molar-refractivity contribution is 7.89. The van der Waals surface area contributed by atoms with Gasteiger partial charge in [0.2, 0.25) is 15.9 Å². The van der Waals surface area contributed by atoms with E-state index in [0.29, 0.717) is 27.1 Å². The van der Waals surface area contributed by atoms with Crippen molar-refractivity contribution in [3.05, 3.63) is 39.6 Å². The fourth-order valence-electron chi connectivity index (χ4n) is 2.34. The molecule has 1 amide bonds. The lowest BCUT2D eigenvalue weighted by molar-refractivity contribution is -0.116. The third-order valence-electron chi connectivity index (χ3n) is 3.68. The Balaban J connectivity index is 2.16. The number of amides is 1. The first-order chi connectivity index (χ1) is 11.5. The van der Waals surface area contributed by atoms with Crippen molar-refractivity contribution < 1.29 is 13.2 Å². The molecule has 0 bridgehead atoms. The number of nitrogens with one attached hydrogen (secondary N) is 1. The lowest BCUT2D eigenvalue weighted by Crippen LogP contribution is -2.35. The average molecular weight is 405 g/mol. The molecular formula is C15H18Cl2N4O3S. The molecule has 0 radical (unpaired) electrons. The van der Waals surface area contributed by atoms with Gasteiger partial charge < -0.3 is 5.32 Å². The molecule has 0 spiro atoms. The Kier molecular flexibility index (Phi) is 5.78. The Morgan fingerprint density at radius 1 is 1.28 bits per heavy atom. The average Bonchev–Trinajstić information content (AvgIpc) is 2.76. The van der Waals surface area contributed by atoms with Crippen LogP contribution in [0.3, 0.4) is 0 Å². The molecular weight excluding hydrogens is 387 g/mol. The van der Waals surface area contributed by atoms with Crippen molar-refractivity contribution >= 4 is 44.8 Å². The molecule has 25 heavy (non-hydrogen) atoms. The number of hydrogen-bond acceptors (Lipinski definition) is 4. The zero-order chi connectivity index (χ0) is 18.9. The van der Waals surface area contributed by atoms with E-state index >= 15 is 0 Å². The van der Waals surface area contributed by atoms with Gasteiger partial charge in [-0.15, -0.1) is 0 Å². The van der Waals surface area contributed by atoms with E-state index in [2.05, 4.69) is 10.4 Å². The standard InChI is InChI=1S/C15H18Cl2N4O3S/c1-9-15(10(2)21(4)19-9)25(23,24)20(3)8-14(22)18-11-5-6-12(16)13(17)7-11/h5-7H,8H2,1-4H3,(H,18,22). The minimum Gasteiger partial charge on any atom is -0.325 e. The molecule has 7 nitrogen and oxygen atoms in total. The molecule has 0 atom stereocenters. The molecule has 0 aliphatic rings. The number of hydrogen-bond donors (Lipinski definition) is 1. The first-order valence-corrected chi connectivity index (χ1v) is 9.45. The van der Waals surface area contributed by atoms with Crippen molar-refractivity contribution in [1.82, 2.24) is 14.1 Å². The first-order valence-electron chi connectivity index (χ1n) is 7.25. The SMILES string of the molecule is Cc1nn(C)c(C)c1S(=O)(=O)N(C)CC(=O)Nc1ccc(Cl)c(Cl)c1. The molecule has 0 aliphatic carbocycles. The normalized spacial score (nSPS) is 11.8. The number of aromatic nitrogens is 2. The maximum atomic E-state index is 12.7. The number of nitrogens with zero attached hydrogens (tertiary/aromatic N) is 3. The highest BCUT2D eigenvalue weighted by Crippen LogP contribution is 2.25. The van der Waals surface area contributed by atoms with Gasteiger partial charge in [0.15, 0.2) is 0 Å². The first kappa shape index (κ1) is 19.7. The predicted octanol–water partition coefficient (Wildman–Crippen LogP) is 2.60. The third-order valence-corrected chi connectivity index (χ3v) is 6.48. The molecule has 2 aromatic rings. The second kappa shape index (κ2) is 7.33. The van der Waals surface area contributed by atoms with Crippen LogP contribution in [0.25, 0.3) is 0 Å². The molecule has 0 saturated carbocycles. The summed E-state index contributed by atoms with van der Waals surface area (Å²) in [4.78, 5) is 12.3. The number of halogens is 2. The van der Waals surface area contributed by atoms with Gasteiger partial charge in [0.1, 0.15) is 4.90 Å². The van der Waals surface area contributed by atoms with Crippen molar-refractivity contribution in [2.75, 3.05) is 18.9 Å². The Morgan fingerprint density at radius 2 is 1.92 bits per heavy atom. The van der Waals surface area contributed by atoms with Crippen molar-refractivity contribution in [3.8, 4) is 0 Å². The maximum absolute atomic E-state index is 12.7. The number of sulfonamides is 1. The monoisotopic (exact) mass is 404 g/mol. The molecule has 0 aliphatic heterocycles. The topological polar surface area (TPSA) is 84.3 Å². The van der Waals surface area contributed by atoms with Gasteiger partial charge in [-0.1, -0.05) is 23.2 Å². The van der Waals surface area contributed by atoms with Gasteiger partial charge in [-0.05, 0) is 32.0 Å². The van der Waals surface area contributed by atoms with Gasteiger partial charge in [0.05, 0.1) is 28.0 Å². The summed E-state index contributed by atoms with van der Waals surface area (Å²) < 4.78 is 27.9. The summed E-state index contributed by atoms with van der Waals surface area (Å²) in [6, 6.07) is 4.62. The number of likely N-dealkylation sites (N-methyl/N-ethyl adjacent to an activating group) is 1. The van der Waals surface area contributed by atoms with E-state index in [9.17, 15) is 13.2 Å². The van der Waals surface area contributed by atoms with Gasteiger partial charge in [0, 0.05) is 19.8 Å². The van der Waals surface area contributed by atoms with Gasteiger partial charge in [0.25, 0.3) is 0 Å². The van der Waals surface area contributed by atoms with Crippen LogP contribution in [0.5, 0.6) is 0 Å². The molecule has 1 heterocycles. The Labute approximate surface area is 156 Å². The quantitative estimate of drug-likeness (QED) is 0.829. The summed E-state index contributed by atoms with van der Waals surface area (Å²) in [7, 11) is -0.832. The van der Waals surface area contributed by atoms with Crippen LogP contribution in [0.4, 0.5) is 5.69 Å². The fourth-order valence-corrected chi connectivity index (χ4v) is 4.16. The largest absolute Gasteiger partial charge is 0.325 e. The van der Waals surface area contributed by atoms with E-state index in [1.54, 1.807) is 33.0 Å². The Bertz CT molecular complexity index is 925. The van der Waals surface area contributed by atoms with E-state index in [1.165, 1.54) is 17.8 Å². The molecule has 10 heteroatoms. The predicted molar refractivity (Wildman–Crippen MR) is 97.6 cm³/mol. The highest BCUT2D eigenvalue weighted by Gasteiger charge is 2.29.